The number of carboxylic acids is 2. The minimum atomic E-state index is -1.39. The van der Waals surface area contributed by atoms with Gasteiger partial charge in [-0.2, -0.15) is 0 Å². The molecule has 0 fully saturated rings. The Balaban J connectivity index is 0.000000358. The smallest absolute Gasteiger partial charge is 0.381 e. The van der Waals surface area contributed by atoms with E-state index in [-0.39, 0.29) is 39.7 Å². The summed E-state index contributed by atoms with van der Waals surface area (Å²) >= 11 is 21.5. The second-order valence-corrected chi connectivity index (χ2v) is 17.5. The number of nitroso groups, excluding NO2 is 1. The molecule has 0 atom stereocenters. The summed E-state index contributed by atoms with van der Waals surface area (Å²) in [7, 11) is 0. The molecule has 0 aromatic heterocycles. The largest absolute Gasteiger partial charge is 0.478 e. The number of ketones is 3. The van der Waals surface area contributed by atoms with Gasteiger partial charge in [-0.15, -0.1) is 9.81 Å². The van der Waals surface area contributed by atoms with Gasteiger partial charge in [-0.1, -0.05) is 34.8 Å². The Morgan fingerprint density at radius 1 is 0.403 bits per heavy atom. The zero-order valence-corrected chi connectivity index (χ0v) is 43.4. The molecule has 0 aliphatic rings. The summed E-state index contributed by atoms with van der Waals surface area (Å²) in [5.74, 6) is -2.36. The summed E-state index contributed by atoms with van der Waals surface area (Å²) in [6.07, 6.45) is 0. The van der Waals surface area contributed by atoms with Crippen LogP contribution in [-0.4, -0.2) is 62.3 Å². The van der Waals surface area contributed by atoms with Gasteiger partial charge in [0.1, 0.15) is 17.2 Å². The van der Waals surface area contributed by atoms with Crippen LogP contribution in [0.2, 0.25) is 15.1 Å². The molecule has 0 saturated heterocycles. The van der Waals surface area contributed by atoms with Gasteiger partial charge >= 0.3 is 17.9 Å². The van der Waals surface area contributed by atoms with Crippen molar-refractivity contribution in [2.24, 2.45) is 10.0 Å². The molecule has 0 aliphatic carbocycles. The fourth-order valence-corrected chi connectivity index (χ4v) is 5.86. The molecule has 6 rings (SSSR count). The van der Waals surface area contributed by atoms with E-state index in [4.69, 9.17) is 64.1 Å². The van der Waals surface area contributed by atoms with Gasteiger partial charge in [-0.3, -0.25) is 19.2 Å². The number of nitrogens with zero attached hydrogens (tertiary/aromatic N) is 2. The van der Waals surface area contributed by atoms with Gasteiger partial charge < -0.3 is 24.4 Å². The Kier molecular flexibility index (Phi) is 24.1. The molecular weight excluding hydrogens is 1110 g/mol. The predicted octanol–water partition coefficient (Wildman–Crippen LogP) is 12.5. The number of halogens is 4. The molecule has 16 nitrogen and oxygen atoms in total. The Hall–Kier alpha value is -6.76. The van der Waals surface area contributed by atoms with Crippen LogP contribution in [0.3, 0.4) is 0 Å². The quantitative estimate of drug-likeness (QED) is 0.0397. The number of rotatable bonds is 16. The Labute approximate surface area is 449 Å². The van der Waals surface area contributed by atoms with E-state index in [2.05, 4.69) is 22.0 Å². The van der Waals surface area contributed by atoms with Gasteiger partial charge in [0.15, 0.2) is 33.9 Å². The van der Waals surface area contributed by atoms with Crippen molar-refractivity contribution >= 4 is 81.8 Å². The molecule has 1 radical (unpaired) electrons. The summed E-state index contributed by atoms with van der Waals surface area (Å²) < 4.78 is 18.0. The average Bonchev–Trinajstić information content (AvgIpc) is 3.33. The number of aliphatic carboxylic acids is 2. The summed E-state index contributed by atoms with van der Waals surface area (Å²) in [5, 5.41) is 21.8. The number of carbonyl (C=O) groups excluding carboxylic acids is 4. The Bertz CT molecular complexity index is 2680. The van der Waals surface area contributed by atoms with Crippen LogP contribution in [0.5, 0.6) is 17.2 Å². The minimum absolute atomic E-state index is 0. The molecule has 72 heavy (non-hydrogen) atoms. The fourth-order valence-electron chi connectivity index (χ4n) is 5.48. The third-order valence-electron chi connectivity index (χ3n) is 9.43. The molecule has 6 aromatic rings. The first-order valence-corrected chi connectivity index (χ1v) is 22.0. The van der Waals surface area contributed by atoms with Crippen LogP contribution in [-0.2, 0) is 41.6 Å². The van der Waals surface area contributed by atoms with Crippen LogP contribution in [0.15, 0.2) is 156 Å². The van der Waals surface area contributed by atoms with Crippen LogP contribution < -0.4 is 14.2 Å². The van der Waals surface area contributed by atoms with E-state index >= 15 is 0 Å². The van der Waals surface area contributed by atoms with Gasteiger partial charge in [-0.05, 0) is 187 Å². The number of hydrogen-bond donors (Lipinski definition) is 2. The van der Waals surface area contributed by atoms with Gasteiger partial charge in [-0.25, -0.2) is 14.4 Å². The Morgan fingerprint density at radius 3 is 0.792 bits per heavy atom. The molecular formula is C51H44AgCl4N2O14. The van der Waals surface area contributed by atoms with Crippen LogP contribution >= 0.6 is 46.6 Å². The predicted molar refractivity (Wildman–Crippen MR) is 267 cm³/mol. The van der Waals surface area contributed by atoms with Crippen LogP contribution in [0, 0.1) is 9.81 Å². The molecule has 2 N–H and O–H groups in total. The molecule has 0 spiro atoms. The number of hydrogen-bond acceptors (Lipinski definition) is 14. The first kappa shape index (κ1) is 61.4. The van der Waals surface area contributed by atoms with Gasteiger partial charge in [0.25, 0.3) is 0 Å². The zero-order valence-electron chi connectivity index (χ0n) is 38.9. The van der Waals surface area contributed by atoms with Crippen molar-refractivity contribution in [1.29, 1.82) is 0 Å². The van der Waals surface area contributed by atoms with Gasteiger partial charge in [0.05, 0.1) is 11.8 Å². The van der Waals surface area contributed by atoms with Crippen molar-refractivity contribution in [3.8, 4) is 17.2 Å². The molecule has 0 saturated carbocycles. The number of carbonyl (C=O) groups is 6. The Morgan fingerprint density at radius 2 is 0.597 bits per heavy atom. The molecule has 0 bridgehead atoms. The number of ether oxygens (including phenoxy) is 3. The molecule has 0 aliphatic heterocycles. The van der Waals surface area contributed by atoms with Crippen molar-refractivity contribution < 1.29 is 80.4 Å². The normalized spacial score (nSPS) is 10.5. The van der Waals surface area contributed by atoms with Crippen molar-refractivity contribution in [2.45, 2.75) is 58.3 Å². The van der Waals surface area contributed by atoms with E-state index in [0.29, 0.717) is 65.7 Å². The third kappa shape index (κ3) is 19.1. The van der Waals surface area contributed by atoms with Crippen molar-refractivity contribution in [3.63, 3.8) is 0 Å². The van der Waals surface area contributed by atoms with E-state index in [0.717, 1.165) is 0 Å². The van der Waals surface area contributed by atoms with Crippen LogP contribution in [0.4, 0.5) is 0 Å². The molecule has 6 aromatic carbocycles. The topological polar surface area (TPSA) is 239 Å². The summed E-state index contributed by atoms with van der Waals surface area (Å²) in [6.45, 7) is 8.72. The van der Waals surface area contributed by atoms with Gasteiger partial charge in [0.2, 0.25) is 5.60 Å². The van der Waals surface area contributed by atoms with Crippen molar-refractivity contribution in [3.05, 3.63) is 204 Å². The second-order valence-electron chi connectivity index (χ2n) is 16.1. The first-order chi connectivity index (χ1) is 33.3. The van der Waals surface area contributed by atoms with Gasteiger partial charge in [0, 0.05) is 75.5 Å². The second kappa shape index (κ2) is 28.3. The maximum absolute atomic E-state index is 12.3. The average molecular weight is 1160 g/mol. The molecule has 0 amide bonds. The molecule has 0 unspecified atom stereocenters. The maximum atomic E-state index is 12.3. The van der Waals surface area contributed by atoms with Crippen molar-refractivity contribution in [2.75, 3.05) is 0 Å². The maximum Gasteiger partial charge on any atom is 0.381 e. The third-order valence-corrected chi connectivity index (χ3v) is 10.2. The van der Waals surface area contributed by atoms with Crippen LogP contribution in [0.25, 0.3) is 0 Å². The van der Waals surface area contributed by atoms with E-state index in [1.807, 2.05) is 0 Å². The van der Waals surface area contributed by atoms with E-state index < -0.39 is 34.7 Å². The summed E-state index contributed by atoms with van der Waals surface area (Å²) in [5.41, 5.74) is -1.05. The summed E-state index contributed by atoms with van der Waals surface area (Å²) in [4.78, 5) is 92.9. The molecule has 0 heterocycles. The fraction of sp³-hybridized carbons (Fsp3) is 0.176. The standard InChI is InChI=1S/C17H14ClNO5.2C17H15ClO4.Ag.ClNO/c1-17(2,16(21)24-19-22)23-14-9-5-12(6-10-14)15(20)11-3-7-13(18)8-4-11;2*1-17(2,16(20)21)22-14-9-5-12(6-10-14)15(19)11-3-7-13(18)8-4-11;;1-2-3/h3-10H,1-2H3;2*3-10H,1-2H3,(H,20,21);;. The summed E-state index contributed by atoms with van der Waals surface area (Å²) in [6, 6.07) is 38.8. The number of benzene rings is 6. The molecule has 381 valence electrons. The van der Waals surface area contributed by atoms with Crippen LogP contribution in [0.1, 0.15) is 89.3 Å². The zero-order chi connectivity index (χ0) is 53.1. The SMILES string of the molecule is CC(C)(Oc1ccc(C(=O)c2ccc(Cl)cc2)cc1)C(=O)O.CC(C)(Oc1ccc(C(=O)c2ccc(Cl)cc2)cc1)C(=O)O.CC(C)(Oc1ccc(C(=O)c2ccc(Cl)cc2)cc1)C(=O)ON=O.O=NCl.[Ag]. The first-order valence-electron chi connectivity index (χ1n) is 20.6. The monoisotopic (exact) mass is 1160 g/mol. The minimum Gasteiger partial charge on any atom is -0.478 e. The number of carboxylic acid groups (broad SMARTS) is 2. The van der Waals surface area contributed by atoms with E-state index in [1.54, 1.807) is 150 Å². The van der Waals surface area contributed by atoms with E-state index in [1.165, 1.54) is 41.5 Å². The van der Waals surface area contributed by atoms with Crippen molar-refractivity contribution in [1.82, 2.24) is 0 Å². The molecule has 21 heteroatoms. The van der Waals surface area contributed by atoms with E-state index in [9.17, 15) is 33.7 Å².